The maximum Gasteiger partial charge on any atom is 0.341 e. The first kappa shape index (κ1) is 16.7. The summed E-state index contributed by atoms with van der Waals surface area (Å²) in [6.07, 6.45) is 10.7. The fourth-order valence-electron chi connectivity index (χ4n) is 2.42. The van der Waals surface area contributed by atoms with E-state index >= 15 is 0 Å². The number of carboxylic acids is 1. The van der Waals surface area contributed by atoms with Crippen LogP contribution in [0.2, 0.25) is 0 Å². The molecule has 0 aliphatic carbocycles. The summed E-state index contributed by atoms with van der Waals surface area (Å²) in [4.78, 5) is 11.3. The number of aromatic carboxylic acids is 1. The molecule has 0 aromatic carbocycles. The van der Waals surface area contributed by atoms with E-state index in [4.69, 9.17) is 4.52 Å². The van der Waals surface area contributed by atoms with Gasteiger partial charge in [0.25, 0.3) is 0 Å². The zero-order chi connectivity index (χ0) is 14.8. The lowest BCUT2D eigenvalue weighted by Gasteiger charge is -2.01. The number of rotatable bonds is 11. The van der Waals surface area contributed by atoms with Gasteiger partial charge in [0.15, 0.2) is 5.76 Å². The first-order chi connectivity index (χ1) is 9.70. The van der Waals surface area contributed by atoms with Crippen LogP contribution in [0.25, 0.3) is 0 Å². The minimum Gasteiger partial charge on any atom is -0.477 e. The van der Waals surface area contributed by atoms with Crippen molar-refractivity contribution in [1.82, 2.24) is 5.16 Å². The third-order valence-corrected chi connectivity index (χ3v) is 3.54. The molecule has 0 amide bonds. The second-order valence-corrected chi connectivity index (χ2v) is 5.35. The Morgan fingerprint density at radius 2 is 1.65 bits per heavy atom. The highest BCUT2D eigenvalue weighted by atomic mass is 16.5. The van der Waals surface area contributed by atoms with Crippen molar-refractivity contribution < 1.29 is 14.4 Å². The van der Waals surface area contributed by atoms with Crippen LogP contribution in [0, 0.1) is 0 Å². The second kappa shape index (κ2) is 9.56. The summed E-state index contributed by atoms with van der Waals surface area (Å²) < 4.78 is 5.18. The molecule has 0 aliphatic heterocycles. The molecular formula is C16H27NO3. The Labute approximate surface area is 121 Å². The van der Waals surface area contributed by atoms with Crippen molar-refractivity contribution in [1.29, 1.82) is 0 Å². The average molecular weight is 281 g/mol. The van der Waals surface area contributed by atoms with E-state index in [1.54, 1.807) is 0 Å². The van der Waals surface area contributed by atoms with Gasteiger partial charge in [-0.1, -0.05) is 57.5 Å². The molecule has 0 saturated carbocycles. The van der Waals surface area contributed by atoms with E-state index in [2.05, 4.69) is 12.1 Å². The number of aryl methyl sites for hydroxylation is 2. The summed E-state index contributed by atoms with van der Waals surface area (Å²) in [6, 6.07) is 0. The van der Waals surface area contributed by atoms with Gasteiger partial charge in [-0.3, -0.25) is 0 Å². The lowest BCUT2D eigenvalue weighted by Crippen LogP contribution is -2.03. The van der Waals surface area contributed by atoms with E-state index in [9.17, 15) is 9.90 Å². The minimum absolute atomic E-state index is 0.304. The van der Waals surface area contributed by atoms with Crippen LogP contribution >= 0.6 is 0 Å². The number of nitrogens with zero attached hydrogens (tertiary/aromatic N) is 1. The fraction of sp³-hybridized carbons (Fsp3) is 0.750. The molecule has 0 bridgehead atoms. The Morgan fingerprint density at radius 1 is 1.00 bits per heavy atom. The van der Waals surface area contributed by atoms with Crippen LogP contribution in [0.3, 0.4) is 0 Å². The summed E-state index contributed by atoms with van der Waals surface area (Å²) in [5, 5.41) is 13.2. The highest BCUT2D eigenvalue weighted by molar-refractivity contribution is 5.89. The van der Waals surface area contributed by atoms with E-state index < -0.39 is 5.97 Å². The van der Waals surface area contributed by atoms with Gasteiger partial charge < -0.3 is 9.63 Å². The van der Waals surface area contributed by atoms with Crippen molar-refractivity contribution in [2.24, 2.45) is 0 Å². The maximum absolute atomic E-state index is 11.3. The van der Waals surface area contributed by atoms with Crippen LogP contribution in [-0.4, -0.2) is 16.2 Å². The van der Waals surface area contributed by atoms with Gasteiger partial charge in [-0.05, 0) is 19.3 Å². The molecule has 1 heterocycles. The zero-order valence-corrected chi connectivity index (χ0v) is 12.8. The van der Waals surface area contributed by atoms with Gasteiger partial charge in [0, 0.05) is 6.42 Å². The topological polar surface area (TPSA) is 63.3 Å². The summed E-state index contributed by atoms with van der Waals surface area (Å²) in [7, 11) is 0. The number of hydrogen-bond acceptors (Lipinski definition) is 3. The van der Waals surface area contributed by atoms with Crippen molar-refractivity contribution in [3.05, 3.63) is 17.0 Å². The van der Waals surface area contributed by atoms with E-state index in [-0.39, 0.29) is 0 Å². The van der Waals surface area contributed by atoms with Crippen molar-refractivity contribution in [2.75, 3.05) is 0 Å². The Bertz CT molecular complexity index is 398. The smallest absolute Gasteiger partial charge is 0.341 e. The SMILES string of the molecule is CCCCCCCCCc1noc(CCC)c1C(=O)O. The molecule has 4 nitrogen and oxygen atoms in total. The predicted molar refractivity (Wildman–Crippen MR) is 79.2 cm³/mol. The van der Waals surface area contributed by atoms with E-state index in [0.717, 1.165) is 19.3 Å². The van der Waals surface area contributed by atoms with Gasteiger partial charge in [0.2, 0.25) is 0 Å². The van der Waals surface area contributed by atoms with E-state index in [0.29, 0.717) is 29.9 Å². The van der Waals surface area contributed by atoms with Crippen LogP contribution in [0.4, 0.5) is 0 Å². The Kier molecular flexibility index (Phi) is 8.00. The molecule has 0 radical (unpaired) electrons. The third kappa shape index (κ3) is 5.35. The Morgan fingerprint density at radius 3 is 2.25 bits per heavy atom. The summed E-state index contributed by atoms with van der Waals surface area (Å²) in [5.41, 5.74) is 0.923. The van der Waals surface area contributed by atoms with Crippen LogP contribution < -0.4 is 0 Å². The first-order valence-corrected chi connectivity index (χ1v) is 7.91. The van der Waals surface area contributed by atoms with E-state index in [1.165, 1.54) is 32.1 Å². The van der Waals surface area contributed by atoms with Crippen LogP contribution in [0.5, 0.6) is 0 Å². The number of carboxylic acid groups (broad SMARTS) is 1. The van der Waals surface area contributed by atoms with Gasteiger partial charge in [-0.25, -0.2) is 4.79 Å². The fourth-order valence-corrected chi connectivity index (χ4v) is 2.42. The minimum atomic E-state index is -0.910. The molecule has 1 rings (SSSR count). The Balaban J connectivity index is 2.38. The molecule has 0 saturated heterocycles. The predicted octanol–water partition coefficient (Wildman–Crippen LogP) is 4.62. The van der Waals surface area contributed by atoms with Gasteiger partial charge in [0.1, 0.15) is 5.56 Å². The standard InChI is InChI=1S/C16H27NO3/c1-3-5-6-7-8-9-10-12-13-15(16(18)19)14(11-4-2)20-17-13/h3-12H2,1-2H3,(H,18,19). The molecule has 1 aromatic rings. The van der Waals surface area contributed by atoms with Crippen molar-refractivity contribution in [3.63, 3.8) is 0 Å². The highest BCUT2D eigenvalue weighted by Gasteiger charge is 2.21. The molecule has 114 valence electrons. The molecular weight excluding hydrogens is 254 g/mol. The number of hydrogen-bond donors (Lipinski definition) is 1. The quantitative estimate of drug-likeness (QED) is 0.601. The van der Waals surface area contributed by atoms with Crippen molar-refractivity contribution in [2.45, 2.75) is 78.1 Å². The lowest BCUT2D eigenvalue weighted by atomic mass is 10.0. The normalized spacial score (nSPS) is 10.9. The zero-order valence-electron chi connectivity index (χ0n) is 12.8. The molecule has 4 heteroatoms. The monoisotopic (exact) mass is 281 g/mol. The summed E-state index contributed by atoms with van der Waals surface area (Å²) >= 11 is 0. The van der Waals surface area contributed by atoms with E-state index in [1.807, 2.05) is 6.92 Å². The maximum atomic E-state index is 11.3. The molecule has 0 atom stereocenters. The largest absolute Gasteiger partial charge is 0.477 e. The molecule has 20 heavy (non-hydrogen) atoms. The van der Waals surface area contributed by atoms with Gasteiger partial charge in [0.05, 0.1) is 5.69 Å². The number of carbonyl (C=O) groups is 1. The average Bonchev–Trinajstić information content (AvgIpc) is 2.81. The third-order valence-electron chi connectivity index (χ3n) is 3.54. The Hall–Kier alpha value is -1.32. The van der Waals surface area contributed by atoms with Gasteiger partial charge >= 0.3 is 5.97 Å². The number of aromatic nitrogens is 1. The van der Waals surface area contributed by atoms with Gasteiger partial charge in [-0.2, -0.15) is 0 Å². The lowest BCUT2D eigenvalue weighted by molar-refractivity contribution is 0.0693. The molecule has 1 N–H and O–H groups in total. The van der Waals surface area contributed by atoms with Crippen LogP contribution in [0.15, 0.2) is 4.52 Å². The second-order valence-electron chi connectivity index (χ2n) is 5.35. The first-order valence-electron chi connectivity index (χ1n) is 7.91. The number of unbranched alkanes of at least 4 members (excludes halogenated alkanes) is 6. The van der Waals surface area contributed by atoms with Crippen molar-refractivity contribution >= 4 is 5.97 Å². The molecule has 0 spiro atoms. The van der Waals surface area contributed by atoms with Crippen LogP contribution in [0.1, 0.15) is 87.0 Å². The molecule has 1 aromatic heterocycles. The van der Waals surface area contributed by atoms with Crippen molar-refractivity contribution in [3.8, 4) is 0 Å². The summed E-state index contributed by atoms with van der Waals surface area (Å²) in [6.45, 7) is 4.22. The van der Waals surface area contributed by atoms with Gasteiger partial charge in [-0.15, -0.1) is 0 Å². The molecule has 0 unspecified atom stereocenters. The van der Waals surface area contributed by atoms with Crippen LogP contribution in [-0.2, 0) is 12.8 Å². The molecule has 0 aliphatic rings. The molecule has 0 fully saturated rings. The highest BCUT2D eigenvalue weighted by Crippen LogP contribution is 2.19. The summed E-state index contributed by atoms with van der Waals surface area (Å²) in [5.74, 6) is -0.384.